The van der Waals surface area contributed by atoms with Crippen molar-refractivity contribution < 1.29 is 4.39 Å². The Bertz CT molecular complexity index is 410. The minimum atomic E-state index is -0.379. The molecule has 0 heterocycles. The fraction of sp³-hybridized carbons (Fsp3) is 0.417. The lowest BCUT2D eigenvalue weighted by Gasteiger charge is -2.23. The van der Waals surface area contributed by atoms with E-state index in [0.29, 0.717) is 17.8 Å². The summed E-state index contributed by atoms with van der Waals surface area (Å²) in [6.07, 6.45) is 2.02. The summed E-state index contributed by atoms with van der Waals surface area (Å²) >= 11 is 1.72. The van der Waals surface area contributed by atoms with Gasteiger partial charge in [-0.05, 0) is 38.3 Å². The monoisotopic (exact) mass is 238 g/mol. The lowest BCUT2D eigenvalue weighted by atomic mass is 10.2. The molecular weight excluding hydrogens is 223 g/mol. The number of rotatable bonds is 4. The third-order valence-corrected chi connectivity index (χ3v) is 3.60. The van der Waals surface area contributed by atoms with E-state index in [2.05, 4.69) is 19.2 Å². The molecule has 0 spiro atoms. The van der Waals surface area contributed by atoms with Gasteiger partial charge in [-0.15, -0.1) is 0 Å². The van der Waals surface area contributed by atoms with Gasteiger partial charge >= 0.3 is 0 Å². The van der Waals surface area contributed by atoms with E-state index in [4.69, 9.17) is 5.26 Å². The van der Waals surface area contributed by atoms with E-state index in [1.165, 1.54) is 6.07 Å². The van der Waals surface area contributed by atoms with Crippen molar-refractivity contribution in [1.82, 2.24) is 0 Å². The summed E-state index contributed by atoms with van der Waals surface area (Å²) in [5.74, 6) is -0.379. The van der Waals surface area contributed by atoms with Crippen molar-refractivity contribution in [2.45, 2.75) is 18.6 Å². The Kier molecular flexibility index (Phi) is 4.19. The summed E-state index contributed by atoms with van der Waals surface area (Å²) in [6.45, 7) is 4.86. The van der Waals surface area contributed by atoms with E-state index in [-0.39, 0.29) is 10.6 Å². The highest BCUT2D eigenvalue weighted by Crippen LogP contribution is 2.23. The van der Waals surface area contributed by atoms with Crippen LogP contribution in [0.25, 0.3) is 0 Å². The van der Waals surface area contributed by atoms with E-state index < -0.39 is 0 Å². The molecule has 0 bridgehead atoms. The third-order valence-electron chi connectivity index (χ3n) is 2.36. The number of hydrogen-bond acceptors (Lipinski definition) is 3. The van der Waals surface area contributed by atoms with Crippen LogP contribution in [0.4, 0.5) is 10.1 Å². The number of hydrogen-bond donors (Lipinski definition) is 1. The van der Waals surface area contributed by atoms with Gasteiger partial charge in [0.2, 0.25) is 0 Å². The van der Waals surface area contributed by atoms with E-state index in [1.807, 2.05) is 12.3 Å². The van der Waals surface area contributed by atoms with Crippen LogP contribution in [-0.2, 0) is 0 Å². The van der Waals surface area contributed by atoms with E-state index in [0.717, 1.165) is 0 Å². The number of halogens is 1. The molecule has 1 N–H and O–H groups in total. The van der Waals surface area contributed by atoms with E-state index >= 15 is 0 Å². The van der Waals surface area contributed by atoms with Crippen molar-refractivity contribution in [3.05, 3.63) is 29.6 Å². The molecule has 0 fully saturated rings. The fourth-order valence-corrected chi connectivity index (χ4v) is 1.32. The Morgan fingerprint density at radius 3 is 2.69 bits per heavy atom. The third kappa shape index (κ3) is 3.42. The highest BCUT2D eigenvalue weighted by molar-refractivity contribution is 7.99. The zero-order valence-corrected chi connectivity index (χ0v) is 10.5. The van der Waals surface area contributed by atoms with E-state index in [1.54, 1.807) is 23.9 Å². The molecule has 1 rings (SSSR count). The minimum Gasteiger partial charge on any atom is -0.381 e. The van der Waals surface area contributed by atoms with Gasteiger partial charge in [0.15, 0.2) is 0 Å². The van der Waals surface area contributed by atoms with Crippen LogP contribution in [0, 0.1) is 17.1 Å². The summed E-state index contributed by atoms with van der Waals surface area (Å²) in [5.41, 5.74) is 0.785. The molecule has 4 heteroatoms. The summed E-state index contributed by atoms with van der Waals surface area (Å²) in [7, 11) is 0. The smallest absolute Gasteiger partial charge is 0.147 e. The summed E-state index contributed by atoms with van der Waals surface area (Å²) in [5, 5.41) is 11.7. The lowest BCUT2D eigenvalue weighted by molar-refractivity contribution is 0.627. The normalized spacial score (nSPS) is 10.9. The number of nitriles is 1. The minimum absolute atomic E-state index is 0.0559. The van der Waals surface area contributed by atoms with Gasteiger partial charge in [0.05, 0.1) is 17.3 Å². The number of anilines is 1. The number of thioether (sulfide) groups is 1. The van der Waals surface area contributed by atoms with Crippen molar-refractivity contribution in [3.63, 3.8) is 0 Å². The second kappa shape index (κ2) is 5.22. The second-order valence-corrected chi connectivity index (χ2v) is 5.64. The lowest BCUT2D eigenvalue weighted by Crippen LogP contribution is -2.26. The zero-order valence-electron chi connectivity index (χ0n) is 9.67. The Morgan fingerprint density at radius 1 is 1.50 bits per heavy atom. The Morgan fingerprint density at radius 2 is 2.19 bits per heavy atom. The fourth-order valence-electron chi connectivity index (χ4n) is 1.11. The SMILES string of the molecule is CSC(C)(C)CNc1ccc(C#N)cc1F. The number of nitrogens with zero attached hydrogens (tertiary/aromatic N) is 1. The first kappa shape index (κ1) is 12.9. The average molecular weight is 238 g/mol. The van der Waals surface area contributed by atoms with Gasteiger partial charge in [0, 0.05) is 11.3 Å². The maximum Gasteiger partial charge on any atom is 0.147 e. The first-order valence-electron chi connectivity index (χ1n) is 4.97. The maximum absolute atomic E-state index is 13.5. The Labute approximate surface area is 99.9 Å². The van der Waals surface area contributed by atoms with Crippen molar-refractivity contribution in [2.75, 3.05) is 18.1 Å². The molecule has 0 radical (unpaired) electrons. The molecule has 1 aromatic rings. The first-order valence-corrected chi connectivity index (χ1v) is 6.19. The molecule has 86 valence electrons. The molecule has 0 aliphatic heterocycles. The standard InChI is InChI=1S/C12H15FN2S/c1-12(2,16-3)8-15-11-5-4-9(7-14)6-10(11)13/h4-6,15H,8H2,1-3H3. The van der Waals surface area contributed by atoms with Gasteiger partial charge in [-0.1, -0.05) is 0 Å². The van der Waals surface area contributed by atoms with Crippen LogP contribution in [0.15, 0.2) is 18.2 Å². The van der Waals surface area contributed by atoms with Gasteiger partial charge in [-0.25, -0.2) is 4.39 Å². The molecular formula is C12H15FN2S. The van der Waals surface area contributed by atoms with Crippen LogP contribution < -0.4 is 5.32 Å². The molecule has 0 unspecified atom stereocenters. The summed E-state index contributed by atoms with van der Waals surface area (Å²) in [6, 6.07) is 6.36. The van der Waals surface area contributed by atoms with Crippen LogP contribution in [-0.4, -0.2) is 17.5 Å². The molecule has 0 amide bonds. The van der Waals surface area contributed by atoms with Crippen LogP contribution in [0.1, 0.15) is 19.4 Å². The van der Waals surface area contributed by atoms with Gasteiger partial charge < -0.3 is 5.32 Å². The quantitative estimate of drug-likeness (QED) is 0.874. The molecule has 0 saturated heterocycles. The molecule has 0 aliphatic rings. The molecule has 2 nitrogen and oxygen atoms in total. The highest BCUT2D eigenvalue weighted by atomic mass is 32.2. The highest BCUT2D eigenvalue weighted by Gasteiger charge is 2.16. The summed E-state index contributed by atoms with van der Waals surface area (Å²) < 4.78 is 13.6. The second-order valence-electron chi connectivity index (χ2n) is 4.12. The van der Waals surface area contributed by atoms with Gasteiger partial charge in [-0.2, -0.15) is 17.0 Å². The van der Waals surface area contributed by atoms with Crippen LogP contribution in [0.2, 0.25) is 0 Å². The molecule has 16 heavy (non-hydrogen) atoms. The first-order chi connectivity index (χ1) is 7.48. The Balaban J connectivity index is 2.73. The number of nitrogens with one attached hydrogen (secondary N) is 1. The molecule has 0 aromatic heterocycles. The Hall–Kier alpha value is -1.21. The van der Waals surface area contributed by atoms with Crippen molar-refractivity contribution in [3.8, 4) is 6.07 Å². The van der Waals surface area contributed by atoms with Gasteiger partial charge in [-0.3, -0.25) is 0 Å². The zero-order chi connectivity index (χ0) is 12.2. The van der Waals surface area contributed by atoms with Crippen molar-refractivity contribution in [1.29, 1.82) is 5.26 Å². The molecule has 0 atom stereocenters. The number of benzene rings is 1. The molecule has 1 aromatic carbocycles. The van der Waals surface area contributed by atoms with Crippen molar-refractivity contribution in [2.24, 2.45) is 0 Å². The predicted molar refractivity (Wildman–Crippen MR) is 67.2 cm³/mol. The van der Waals surface area contributed by atoms with E-state index in [9.17, 15) is 4.39 Å². The van der Waals surface area contributed by atoms with Crippen LogP contribution in [0.3, 0.4) is 0 Å². The summed E-state index contributed by atoms with van der Waals surface area (Å²) in [4.78, 5) is 0. The van der Waals surface area contributed by atoms with Crippen molar-refractivity contribution >= 4 is 17.4 Å². The molecule has 0 aliphatic carbocycles. The largest absolute Gasteiger partial charge is 0.381 e. The maximum atomic E-state index is 13.5. The van der Waals surface area contributed by atoms with Gasteiger partial charge in [0.25, 0.3) is 0 Å². The topological polar surface area (TPSA) is 35.8 Å². The van der Waals surface area contributed by atoms with Gasteiger partial charge in [0.1, 0.15) is 5.82 Å². The average Bonchev–Trinajstić information content (AvgIpc) is 2.27. The van der Waals surface area contributed by atoms with Crippen LogP contribution in [0.5, 0.6) is 0 Å². The molecule has 0 saturated carbocycles. The predicted octanol–water partition coefficient (Wildman–Crippen LogP) is 3.25. The van der Waals surface area contributed by atoms with Crippen LogP contribution >= 0.6 is 11.8 Å².